The van der Waals surface area contributed by atoms with Crippen LogP contribution in [-0.2, 0) is 17.6 Å². The first-order chi connectivity index (χ1) is 19.0. The van der Waals surface area contributed by atoms with Crippen LogP contribution in [-0.4, -0.2) is 36.0 Å². The fourth-order valence-corrected chi connectivity index (χ4v) is 4.38. The molecule has 0 atom stereocenters. The molecule has 3 aromatic carbocycles. The lowest BCUT2D eigenvalue weighted by Crippen LogP contribution is -2.08. The molecule has 0 aliphatic carbocycles. The molecule has 4 aromatic rings. The number of aryl methyl sites for hydroxylation is 1. The Morgan fingerprint density at radius 3 is 2.33 bits per heavy atom. The smallest absolute Gasteiger partial charge is 0.341 e. The zero-order valence-electron chi connectivity index (χ0n) is 22.7. The van der Waals surface area contributed by atoms with Crippen molar-refractivity contribution in [3.05, 3.63) is 95.8 Å². The SMILES string of the molecule is CCCc1c(OCCCOc2c(O)cc(-n3cccc3)cc2CC)cccc1Oc1ccccc1C(=O)OC. The maximum absolute atomic E-state index is 12.2. The Balaban J connectivity index is 1.40. The third-order valence-electron chi connectivity index (χ3n) is 6.31. The lowest BCUT2D eigenvalue weighted by molar-refractivity contribution is 0.0598. The molecule has 204 valence electrons. The van der Waals surface area contributed by atoms with Crippen molar-refractivity contribution in [3.63, 3.8) is 0 Å². The van der Waals surface area contributed by atoms with Gasteiger partial charge in [-0.15, -0.1) is 0 Å². The summed E-state index contributed by atoms with van der Waals surface area (Å²) >= 11 is 0. The minimum Gasteiger partial charge on any atom is -0.504 e. The molecular weight excluding hydrogens is 494 g/mol. The number of benzene rings is 3. The molecule has 7 heteroatoms. The Labute approximate surface area is 229 Å². The summed E-state index contributed by atoms with van der Waals surface area (Å²) in [5.74, 6) is 2.00. The summed E-state index contributed by atoms with van der Waals surface area (Å²) in [4.78, 5) is 12.2. The lowest BCUT2D eigenvalue weighted by atomic mass is 10.1. The molecule has 0 radical (unpaired) electrons. The summed E-state index contributed by atoms with van der Waals surface area (Å²) in [5, 5.41) is 10.6. The van der Waals surface area contributed by atoms with Gasteiger partial charge in [-0.3, -0.25) is 0 Å². The van der Waals surface area contributed by atoms with Crippen molar-refractivity contribution in [1.29, 1.82) is 0 Å². The number of aromatic nitrogens is 1. The van der Waals surface area contributed by atoms with Crippen molar-refractivity contribution in [2.45, 2.75) is 39.5 Å². The summed E-state index contributed by atoms with van der Waals surface area (Å²) in [6.45, 7) is 4.96. The molecule has 1 N–H and O–H groups in total. The van der Waals surface area contributed by atoms with Crippen LogP contribution in [0.1, 0.15) is 48.2 Å². The second-order valence-corrected chi connectivity index (χ2v) is 9.02. The second-order valence-electron chi connectivity index (χ2n) is 9.02. The van der Waals surface area contributed by atoms with Crippen LogP contribution < -0.4 is 14.2 Å². The number of carbonyl (C=O) groups excluding carboxylic acids is 1. The molecule has 1 heterocycles. The average Bonchev–Trinajstić information content (AvgIpc) is 3.50. The van der Waals surface area contributed by atoms with Crippen LogP contribution in [0.4, 0.5) is 0 Å². The standard InChI is InChI=1S/C32H35NO6/c1-4-12-25-28(15-10-16-29(25)39-30-14-7-6-13-26(30)32(35)36-3)37-19-11-20-38-31-23(5-2)21-24(22-27(31)34)33-17-8-9-18-33/h6-10,13-18,21-22,34H,4-5,11-12,19-20H2,1-3H3. The highest BCUT2D eigenvalue weighted by Crippen LogP contribution is 2.36. The van der Waals surface area contributed by atoms with E-state index in [1.807, 2.05) is 66.3 Å². The van der Waals surface area contributed by atoms with Gasteiger partial charge in [-0.2, -0.15) is 0 Å². The Morgan fingerprint density at radius 2 is 1.59 bits per heavy atom. The van der Waals surface area contributed by atoms with Crippen LogP contribution in [0, 0.1) is 0 Å². The number of aromatic hydroxyl groups is 1. The van der Waals surface area contributed by atoms with Gasteiger partial charge < -0.3 is 28.6 Å². The predicted octanol–water partition coefficient (Wildman–Crippen LogP) is 7.12. The van der Waals surface area contributed by atoms with Gasteiger partial charge in [0.05, 0.1) is 20.3 Å². The highest BCUT2D eigenvalue weighted by Gasteiger charge is 2.17. The normalized spacial score (nSPS) is 10.7. The largest absolute Gasteiger partial charge is 0.504 e. The van der Waals surface area contributed by atoms with Crippen LogP contribution in [0.2, 0.25) is 0 Å². The molecule has 0 aliphatic rings. The van der Waals surface area contributed by atoms with Crippen LogP contribution in [0.5, 0.6) is 28.7 Å². The number of phenols is 1. The molecule has 0 fully saturated rings. The monoisotopic (exact) mass is 529 g/mol. The fourth-order valence-electron chi connectivity index (χ4n) is 4.38. The number of nitrogens with zero attached hydrogens (tertiary/aromatic N) is 1. The quantitative estimate of drug-likeness (QED) is 0.147. The van der Waals surface area contributed by atoms with E-state index in [1.54, 1.807) is 24.3 Å². The minimum atomic E-state index is -0.452. The van der Waals surface area contributed by atoms with Gasteiger partial charge in [-0.25, -0.2) is 4.79 Å². The van der Waals surface area contributed by atoms with E-state index < -0.39 is 5.97 Å². The van der Waals surface area contributed by atoms with E-state index in [-0.39, 0.29) is 5.75 Å². The van der Waals surface area contributed by atoms with E-state index in [2.05, 4.69) is 6.92 Å². The van der Waals surface area contributed by atoms with Gasteiger partial charge in [0.15, 0.2) is 11.5 Å². The van der Waals surface area contributed by atoms with Crippen molar-refractivity contribution < 1.29 is 28.8 Å². The summed E-state index contributed by atoms with van der Waals surface area (Å²) in [6.07, 6.45) is 6.90. The van der Waals surface area contributed by atoms with Crippen molar-refractivity contribution >= 4 is 5.97 Å². The number of ether oxygens (including phenoxy) is 4. The first-order valence-electron chi connectivity index (χ1n) is 13.3. The first-order valence-corrected chi connectivity index (χ1v) is 13.3. The Bertz CT molecular complexity index is 1380. The molecule has 0 saturated heterocycles. The molecule has 0 amide bonds. The Kier molecular flexibility index (Phi) is 9.51. The zero-order valence-corrected chi connectivity index (χ0v) is 22.7. The number of para-hydroxylation sites is 1. The number of hydrogen-bond donors (Lipinski definition) is 1. The minimum absolute atomic E-state index is 0.126. The number of carbonyl (C=O) groups is 1. The maximum Gasteiger partial charge on any atom is 0.341 e. The predicted molar refractivity (Wildman–Crippen MR) is 151 cm³/mol. The summed E-state index contributed by atoms with van der Waals surface area (Å²) < 4.78 is 25.2. The topological polar surface area (TPSA) is 79.1 Å². The van der Waals surface area contributed by atoms with Crippen LogP contribution >= 0.6 is 0 Å². The molecule has 0 aliphatic heterocycles. The van der Waals surface area contributed by atoms with Crippen LogP contribution in [0.3, 0.4) is 0 Å². The van der Waals surface area contributed by atoms with Gasteiger partial charge >= 0.3 is 5.97 Å². The molecule has 0 spiro atoms. The van der Waals surface area contributed by atoms with Crippen molar-refractivity contribution in [1.82, 2.24) is 4.57 Å². The number of hydrogen-bond acceptors (Lipinski definition) is 6. The lowest BCUT2D eigenvalue weighted by Gasteiger charge is -2.17. The number of esters is 1. The van der Waals surface area contributed by atoms with Crippen LogP contribution in [0.15, 0.2) is 79.1 Å². The molecule has 0 bridgehead atoms. The third-order valence-corrected chi connectivity index (χ3v) is 6.31. The Hall–Kier alpha value is -4.39. The van der Waals surface area contributed by atoms with E-state index in [0.29, 0.717) is 42.4 Å². The van der Waals surface area contributed by atoms with Gasteiger partial charge in [0, 0.05) is 36.1 Å². The van der Waals surface area contributed by atoms with Gasteiger partial charge in [-0.1, -0.05) is 38.5 Å². The van der Waals surface area contributed by atoms with E-state index >= 15 is 0 Å². The number of methoxy groups -OCH3 is 1. The summed E-state index contributed by atoms with van der Waals surface area (Å²) in [6, 6.07) is 20.3. The highest BCUT2D eigenvalue weighted by atomic mass is 16.5. The Morgan fingerprint density at radius 1 is 0.872 bits per heavy atom. The highest BCUT2D eigenvalue weighted by molar-refractivity contribution is 5.92. The molecule has 1 aromatic heterocycles. The van der Waals surface area contributed by atoms with Crippen molar-refractivity contribution in [2.24, 2.45) is 0 Å². The molecule has 4 rings (SSSR count). The summed E-state index contributed by atoms with van der Waals surface area (Å²) in [5.41, 5.74) is 3.14. The van der Waals surface area contributed by atoms with E-state index in [1.165, 1.54) is 7.11 Å². The van der Waals surface area contributed by atoms with Crippen LogP contribution in [0.25, 0.3) is 5.69 Å². The fraction of sp³-hybridized carbons (Fsp3) is 0.281. The zero-order chi connectivity index (χ0) is 27.6. The van der Waals surface area contributed by atoms with Crippen molar-refractivity contribution in [3.8, 4) is 34.4 Å². The van der Waals surface area contributed by atoms with Crippen molar-refractivity contribution in [2.75, 3.05) is 20.3 Å². The number of rotatable bonds is 13. The van der Waals surface area contributed by atoms with Gasteiger partial charge in [0.1, 0.15) is 22.8 Å². The molecule has 39 heavy (non-hydrogen) atoms. The van der Waals surface area contributed by atoms with E-state index in [4.69, 9.17) is 18.9 Å². The van der Waals surface area contributed by atoms with E-state index in [0.717, 1.165) is 41.8 Å². The average molecular weight is 530 g/mol. The molecule has 0 saturated carbocycles. The van der Waals surface area contributed by atoms with Gasteiger partial charge in [0.25, 0.3) is 0 Å². The molecular formula is C32H35NO6. The second kappa shape index (κ2) is 13.4. The number of phenolic OH excluding ortho intramolecular Hbond substituents is 1. The third kappa shape index (κ3) is 6.74. The van der Waals surface area contributed by atoms with Gasteiger partial charge in [-0.05, 0) is 60.9 Å². The first kappa shape index (κ1) is 27.6. The molecule has 7 nitrogen and oxygen atoms in total. The molecule has 0 unspecified atom stereocenters. The maximum atomic E-state index is 12.2. The summed E-state index contributed by atoms with van der Waals surface area (Å²) in [7, 11) is 1.35. The van der Waals surface area contributed by atoms with Gasteiger partial charge in [0.2, 0.25) is 0 Å². The van der Waals surface area contributed by atoms with E-state index in [9.17, 15) is 9.90 Å².